The Morgan fingerprint density at radius 1 is 1.12 bits per heavy atom. The molecule has 2 rings (SSSR count). The van der Waals surface area contributed by atoms with Gasteiger partial charge in [0.15, 0.2) is 0 Å². The van der Waals surface area contributed by atoms with Crippen molar-refractivity contribution in [3.8, 4) is 0 Å². The Hall–Kier alpha value is -1.70. The number of carbonyl (C=O) groups excluding carboxylic acids is 1. The first-order chi connectivity index (χ1) is 11.2. The molecule has 1 amide bonds. The summed E-state index contributed by atoms with van der Waals surface area (Å²) >= 11 is 3.35. The van der Waals surface area contributed by atoms with Crippen molar-refractivity contribution in [3.63, 3.8) is 0 Å². The molecule has 0 bridgehead atoms. The van der Waals surface area contributed by atoms with E-state index in [1.54, 1.807) is 6.07 Å². The quantitative estimate of drug-likeness (QED) is 0.822. The zero-order chi connectivity index (χ0) is 17.9. The predicted molar refractivity (Wildman–Crippen MR) is 98.5 cm³/mol. The average Bonchev–Trinajstić information content (AvgIpc) is 2.51. The molecule has 0 saturated carbocycles. The van der Waals surface area contributed by atoms with Gasteiger partial charge in [-0.1, -0.05) is 34.1 Å². The van der Waals surface area contributed by atoms with Crippen LogP contribution in [-0.2, 0) is 21.2 Å². The summed E-state index contributed by atoms with van der Waals surface area (Å²) in [6, 6.07) is 12.2. The number of benzene rings is 2. The Kier molecular flexibility index (Phi) is 5.79. The van der Waals surface area contributed by atoms with Crippen LogP contribution in [0.25, 0.3) is 0 Å². The molecule has 1 N–H and O–H groups in total. The number of hydrogen-bond acceptors (Lipinski definition) is 3. The van der Waals surface area contributed by atoms with Crippen molar-refractivity contribution in [2.45, 2.75) is 18.2 Å². The molecule has 0 fully saturated rings. The fourth-order valence-electron chi connectivity index (χ4n) is 2.09. The highest BCUT2D eigenvalue weighted by molar-refractivity contribution is 9.10. The molecule has 5 nitrogen and oxygen atoms in total. The number of nitrogens with one attached hydrogen (secondary N) is 1. The van der Waals surface area contributed by atoms with Crippen LogP contribution in [0.1, 0.15) is 11.1 Å². The number of aryl methyl sites for hydroxylation is 1. The molecule has 0 aromatic heterocycles. The fraction of sp³-hybridized carbons (Fsp3) is 0.235. The molecule has 0 atom stereocenters. The summed E-state index contributed by atoms with van der Waals surface area (Å²) in [4.78, 5) is 12.4. The van der Waals surface area contributed by atoms with Crippen LogP contribution in [-0.4, -0.2) is 32.7 Å². The zero-order valence-electron chi connectivity index (χ0n) is 13.7. The third-order valence-electron chi connectivity index (χ3n) is 3.54. The number of nitrogens with zero attached hydrogens (tertiary/aromatic N) is 1. The van der Waals surface area contributed by atoms with Gasteiger partial charge in [0.1, 0.15) is 0 Å². The molecule has 24 heavy (non-hydrogen) atoms. The van der Waals surface area contributed by atoms with Crippen LogP contribution in [0.3, 0.4) is 0 Å². The molecular weight excluding hydrogens is 392 g/mol. The Morgan fingerprint density at radius 2 is 1.75 bits per heavy atom. The van der Waals surface area contributed by atoms with E-state index in [9.17, 15) is 13.2 Å². The summed E-state index contributed by atoms with van der Waals surface area (Å²) in [5.74, 6) is -0.195. The van der Waals surface area contributed by atoms with Gasteiger partial charge in [0, 0.05) is 24.3 Å². The van der Waals surface area contributed by atoms with Gasteiger partial charge in [-0.2, -0.15) is 0 Å². The monoisotopic (exact) mass is 410 g/mol. The third kappa shape index (κ3) is 4.43. The molecular formula is C17H19BrN2O3S. The number of carbonyl (C=O) groups is 1. The smallest absolute Gasteiger partial charge is 0.242 e. The van der Waals surface area contributed by atoms with E-state index in [2.05, 4.69) is 21.2 Å². The van der Waals surface area contributed by atoms with Crippen molar-refractivity contribution in [1.29, 1.82) is 0 Å². The lowest BCUT2D eigenvalue weighted by atomic mass is 10.1. The van der Waals surface area contributed by atoms with Crippen LogP contribution in [0, 0.1) is 6.92 Å². The number of anilines is 1. The summed E-state index contributed by atoms with van der Waals surface area (Å²) in [6.07, 6.45) is 0.220. The lowest BCUT2D eigenvalue weighted by Gasteiger charge is -2.14. The third-order valence-corrected chi connectivity index (χ3v) is 5.88. The van der Waals surface area contributed by atoms with Gasteiger partial charge in [-0.3, -0.25) is 4.79 Å². The van der Waals surface area contributed by atoms with Crippen molar-refractivity contribution in [1.82, 2.24) is 4.31 Å². The van der Waals surface area contributed by atoms with Gasteiger partial charge in [0.25, 0.3) is 0 Å². The number of amides is 1. The minimum Gasteiger partial charge on any atom is -0.326 e. The Morgan fingerprint density at radius 3 is 2.33 bits per heavy atom. The van der Waals surface area contributed by atoms with Crippen LogP contribution in [0.4, 0.5) is 5.69 Å². The Bertz CT molecular complexity index is 847. The second-order valence-electron chi connectivity index (χ2n) is 5.62. The minimum atomic E-state index is -3.54. The largest absolute Gasteiger partial charge is 0.326 e. The first-order valence-electron chi connectivity index (χ1n) is 7.27. The van der Waals surface area contributed by atoms with Crippen molar-refractivity contribution < 1.29 is 13.2 Å². The van der Waals surface area contributed by atoms with Crippen LogP contribution in [0.15, 0.2) is 51.8 Å². The maximum atomic E-state index is 12.2. The van der Waals surface area contributed by atoms with E-state index in [4.69, 9.17) is 0 Å². The van der Waals surface area contributed by atoms with Crippen LogP contribution >= 0.6 is 15.9 Å². The SMILES string of the molecule is Cc1ccc(S(=O)(=O)N(C)C)cc1NC(=O)Cc1ccc(Br)cc1. The highest BCUT2D eigenvalue weighted by Gasteiger charge is 2.18. The van der Waals surface area contributed by atoms with Crippen molar-refractivity contribution in [2.75, 3.05) is 19.4 Å². The molecule has 0 heterocycles. The van der Waals surface area contributed by atoms with E-state index >= 15 is 0 Å². The normalized spacial score (nSPS) is 11.5. The second kappa shape index (κ2) is 7.46. The van der Waals surface area contributed by atoms with Gasteiger partial charge in [0.2, 0.25) is 15.9 Å². The predicted octanol–water partition coefficient (Wildman–Crippen LogP) is 3.19. The molecule has 0 spiro atoms. The molecule has 0 aliphatic rings. The molecule has 2 aromatic carbocycles. The average molecular weight is 411 g/mol. The summed E-state index contributed by atoms with van der Waals surface area (Å²) in [5.41, 5.74) is 2.18. The van der Waals surface area contributed by atoms with Crippen LogP contribution in [0.2, 0.25) is 0 Å². The second-order valence-corrected chi connectivity index (χ2v) is 8.68. The molecule has 0 saturated heterocycles. The topological polar surface area (TPSA) is 66.5 Å². The first kappa shape index (κ1) is 18.6. The summed E-state index contributed by atoms with van der Waals surface area (Å²) in [7, 11) is -0.592. The van der Waals surface area contributed by atoms with Crippen LogP contribution < -0.4 is 5.32 Å². The molecule has 2 aromatic rings. The van der Waals surface area contributed by atoms with Gasteiger partial charge in [-0.15, -0.1) is 0 Å². The molecule has 0 aliphatic heterocycles. The first-order valence-corrected chi connectivity index (χ1v) is 9.51. The summed E-state index contributed by atoms with van der Waals surface area (Å²) < 4.78 is 26.5. The van der Waals surface area contributed by atoms with E-state index in [-0.39, 0.29) is 17.2 Å². The van der Waals surface area contributed by atoms with E-state index in [1.807, 2.05) is 31.2 Å². The molecule has 7 heteroatoms. The minimum absolute atomic E-state index is 0.150. The van der Waals surface area contributed by atoms with Gasteiger partial charge in [0.05, 0.1) is 11.3 Å². The van der Waals surface area contributed by atoms with Crippen molar-refractivity contribution in [2.24, 2.45) is 0 Å². The number of sulfonamides is 1. The van der Waals surface area contributed by atoms with Crippen molar-refractivity contribution >= 4 is 37.5 Å². The summed E-state index contributed by atoms with van der Waals surface area (Å²) in [5, 5.41) is 2.79. The van der Waals surface area contributed by atoms with E-state index in [1.165, 1.54) is 26.2 Å². The van der Waals surface area contributed by atoms with E-state index in [0.717, 1.165) is 19.9 Å². The maximum Gasteiger partial charge on any atom is 0.242 e. The van der Waals surface area contributed by atoms with Gasteiger partial charge in [-0.05, 0) is 42.3 Å². The number of rotatable bonds is 5. The maximum absolute atomic E-state index is 12.2. The zero-order valence-corrected chi connectivity index (χ0v) is 16.1. The lowest BCUT2D eigenvalue weighted by Crippen LogP contribution is -2.22. The number of halogens is 1. The lowest BCUT2D eigenvalue weighted by molar-refractivity contribution is -0.115. The summed E-state index contributed by atoms with van der Waals surface area (Å²) in [6.45, 7) is 1.82. The molecule has 128 valence electrons. The number of hydrogen-bond donors (Lipinski definition) is 1. The molecule has 0 radical (unpaired) electrons. The van der Waals surface area contributed by atoms with Crippen LogP contribution in [0.5, 0.6) is 0 Å². The van der Waals surface area contributed by atoms with Gasteiger partial charge in [-0.25, -0.2) is 12.7 Å². The van der Waals surface area contributed by atoms with Gasteiger partial charge < -0.3 is 5.32 Å². The Balaban J connectivity index is 2.20. The van der Waals surface area contributed by atoms with Gasteiger partial charge >= 0.3 is 0 Å². The highest BCUT2D eigenvalue weighted by Crippen LogP contribution is 2.22. The van der Waals surface area contributed by atoms with E-state index < -0.39 is 10.0 Å². The standard InChI is InChI=1S/C17H19BrN2O3S/c1-12-4-9-15(24(22,23)20(2)3)11-16(12)19-17(21)10-13-5-7-14(18)8-6-13/h4-9,11H,10H2,1-3H3,(H,19,21). The van der Waals surface area contributed by atoms with E-state index in [0.29, 0.717) is 5.69 Å². The highest BCUT2D eigenvalue weighted by atomic mass is 79.9. The fourth-order valence-corrected chi connectivity index (χ4v) is 3.28. The Labute approximate surface area is 150 Å². The molecule has 0 unspecified atom stereocenters. The molecule has 0 aliphatic carbocycles. The van der Waals surface area contributed by atoms with Crippen molar-refractivity contribution in [3.05, 3.63) is 58.1 Å².